The topological polar surface area (TPSA) is 136 Å². The predicted octanol–water partition coefficient (Wildman–Crippen LogP) is 4.78. The number of ether oxygens (including phenoxy) is 5. The Balaban J connectivity index is 0.000000559. The van der Waals surface area contributed by atoms with Crippen LogP contribution in [0.5, 0.6) is 23.0 Å². The molecule has 2 aliphatic heterocycles. The second-order valence-electron chi connectivity index (χ2n) is 9.92. The maximum absolute atomic E-state index is 13.3. The minimum absolute atomic E-state index is 0.0762. The Hall–Kier alpha value is -5.19. The highest BCUT2D eigenvalue weighted by atomic mass is 16.6. The molecular weight excluding hydrogens is 552 g/mol. The first-order chi connectivity index (χ1) is 20.8. The number of amides is 1. The Bertz CT molecular complexity index is 1660. The Morgan fingerprint density at radius 3 is 2.02 bits per heavy atom. The van der Waals surface area contributed by atoms with Crippen LogP contribution in [0.3, 0.4) is 0 Å². The molecule has 0 aliphatic carbocycles. The van der Waals surface area contributed by atoms with Crippen molar-refractivity contribution < 1.29 is 33.3 Å². The van der Waals surface area contributed by atoms with Crippen molar-refractivity contribution in [3.63, 3.8) is 0 Å². The van der Waals surface area contributed by atoms with Gasteiger partial charge in [0.15, 0.2) is 28.8 Å². The van der Waals surface area contributed by atoms with Gasteiger partial charge in [0, 0.05) is 11.1 Å². The summed E-state index contributed by atoms with van der Waals surface area (Å²) in [6.45, 7) is 9.95. The Morgan fingerprint density at radius 1 is 0.884 bits per heavy atom. The van der Waals surface area contributed by atoms with Crippen LogP contribution in [0.2, 0.25) is 0 Å². The number of nitrogens with one attached hydrogen (secondary N) is 1. The van der Waals surface area contributed by atoms with Gasteiger partial charge in [0.05, 0.1) is 30.7 Å². The number of hydrogen-bond donors (Lipinski definition) is 2. The van der Waals surface area contributed by atoms with Crippen molar-refractivity contribution in [2.45, 2.75) is 26.7 Å². The van der Waals surface area contributed by atoms with E-state index in [0.29, 0.717) is 66.0 Å². The molecule has 43 heavy (non-hydrogen) atoms. The fourth-order valence-corrected chi connectivity index (χ4v) is 4.67. The molecule has 0 atom stereocenters. The van der Waals surface area contributed by atoms with E-state index in [1.807, 2.05) is 26.0 Å². The van der Waals surface area contributed by atoms with Crippen LogP contribution in [-0.2, 0) is 22.4 Å². The van der Waals surface area contributed by atoms with Gasteiger partial charge >= 0.3 is 0 Å². The number of carbonyl (C=O) groups is 2. The van der Waals surface area contributed by atoms with Crippen LogP contribution >= 0.6 is 0 Å². The first kappa shape index (κ1) is 29.3. The zero-order chi connectivity index (χ0) is 30.3. The van der Waals surface area contributed by atoms with Gasteiger partial charge in [-0.3, -0.25) is 9.59 Å². The lowest BCUT2D eigenvalue weighted by Gasteiger charge is -2.18. The van der Waals surface area contributed by atoms with Crippen molar-refractivity contribution in [1.82, 2.24) is 9.78 Å². The maximum atomic E-state index is 13.3. The van der Waals surface area contributed by atoms with Crippen LogP contribution in [0.15, 0.2) is 66.9 Å². The molecule has 1 aromatic heterocycles. The van der Waals surface area contributed by atoms with Gasteiger partial charge in [-0.2, -0.15) is 4.68 Å². The summed E-state index contributed by atoms with van der Waals surface area (Å²) in [6.07, 6.45) is 0.178. The summed E-state index contributed by atoms with van der Waals surface area (Å²) in [7, 11) is 0. The number of nitrogens with zero attached hydrogens (tertiary/aromatic N) is 2. The molecule has 0 saturated heterocycles. The van der Waals surface area contributed by atoms with Gasteiger partial charge in [0.1, 0.15) is 26.4 Å². The highest BCUT2D eigenvalue weighted by Crippen LogP contribution is 2.32. The number of nitrogens with two attached hydrogens (primary N) is 1. The highest BCUT2D eigenvalue weighted by Gasteiger charge is 2.20. The monoisotopic (exact) mass is 586 g/mol. The number of rotatable bonds is 7. The first-order valence-electron chi connectivity index (χ1n) is 14.0. The third kappa shape index (κ3) is 7.18. The zero-order valence-corrected chi connectivity index (χ0v) is 24.2. The number of benzene rings is 3. The van der Waals surface area contributed by atoms with Gasteiger partial charge in [0.25, 0.3) is 5.91 Å². The summed E-state index contributed by atoms with van der Waals surface area (Å²) in [5, 5.41) is 7.90. The van der Waals surface area contributed by atoms with Crippen LogP contribution in [0.4, 0.5) is 11.5 Å². The molecule has 11 nitrogen and oxygen atoms in total. The highest BCUT2D eigenvalue weighted by molar-refractivity contribution is 6.04. The maximum Gasteiger partial charge on any atom is 0.251 e. The van der Waals surface area contributed by atoms with E-state index in [0.717, 1.165) is 23.5 Å². The van der Waals surface area contributed by atoms with Crippen molar-refractivity contribution in [2.24, 2.45) is 0 Å². The SMILES string of the molecule is C=C(C)OCC.Nc1ccc2c(NC(=O)Cc3ccc4c(c3)OCCO4)nn(C(=O)Cc3ccc4c(c3)OCCO4)c2c1. The van der Waals surface area contributed by atoms with E-state index in [1.54, 1.807) is 42.5 Å². The Kier molecular flexibility index (Phi) is 8.99. The van der Waals surface area contributed by atoms with Gasteiger partial charge < -0.3 is 34.7 Å². The molecule has 0 spiro atoms. The number of carbonyl (C=O) groups excluding carboxylic acids is 2. The van der Waals surface area contributed by atoms with Gasteiger partial charge in [-0.1, -0.05) is 18.7 Å². The molecule has 11 heteroatoms. The van der Waals surface area contributed by atoms with E-state index in [2.05, 4.69) is 17.0 Å². The molecule has 224 valence electrons. The van der Waals surface area contributed by atoms with Crippen LogP contribution < -0.4 is 30.0 Å². The molecule has 0 unspecified atom stereocenters. The van der Waals surface area contributed by atoms with Crippen LogP contribution in [-0.4, -0.2) is 54.6 Å². The fourth-order valence-electron chi connectivity index (χ4n) is 4.67. The zero-order valence-electron chi connectivity index (χ0n) is 24.2. The first-order valence-corrected chi connectivity index (χ1v) is 14.0. The third-order valence-electron chi connectivity index (χ3n) is 6.52. The van der Waals surface area contributed by atoms with E-state index in [-0.39, 0.29) is 30.5 Å². The fraction of sp³-hybridized carbons (Fsp3) is 0.281. The summed E-state index contributed by atoms with van der Waals surface area (Å²) >= 11 is 0. The molecule has 0 saturated carbocycles. The molecule has 0 radical (unpaired) electrons. The van der Waals surface area contributed by atoms with E-state index >= 15 is 0 Å². The molecule has 0 fully saturated rings. The van der Waals surface area contributed by atoms with E-state index in [9.17, 15) is 9.59 Å². The molecular formula is C32H34N4O7. The second kappa shape index (κ2) is 13.2. The van der Waals surface area contributed by atoms with Crippen molar-refractivity contribution in [2.75, 3.05) is 44.1 Å². The van der Waals surface area contributed by atoms with Gasteiger partial charge in [0.2, 0.25) is 5.91 Å². The van der Waals surface area contributed by atoms with Gasteiger partial charge in [-0.05, 0) is 67.4 Å². The molecule has 2 aliphatic rings. The van der Waals surface area contributed by atoms with Crippen molar-refractivity contribution in [1.29, 1.82) is 0 Å². The summed E-state index contributed by atoms with van der Waals surface area (Å²) < 4.78 is 28.5. The number of anilines is 2. The van der Waals surface area contributed by atoms with Crippen LogP contribution in [0.1, 0.15) is 29.8 Å². The smallest absolute Gasteiger partial charge is 0.251 e. The molecule has 3 N–H and O–H groups in total. The standard InChI is InChI=1S/C27H24N4O6.C5H10O/c28-18-3-4-19-20(15-18)31(26(33)14-17-2-6-22-24(12-17)37-10-8-35-22)30-27(19)29-25(32)13-16-1-5-21-23(11-16)36-9-7-34-21;1-4-6-5(2)3/h1-6,11-12,15H,7-10,13-14,28H2,(H,29,30,32);2,4H2,1,3H3. The summed E-state index contributed by atoms with van der Waals surface area (Å²) in [6, 6.07) is 15.9. The molecule has 6 rings (SSSR count). The van der Waals surface area contributed by atoms with E-state index in [1.165, 1.54) is 4.68 Å². The lowest BCUT2D eigenvalue weighted by molar-refractivity contribution is -0.115. The Labute approximate surface area is 249 Å². The van der Waals surface area contributed by atoms with Crippen molar-refractivity contribution in [3.8, 4) is 23.0 Å². The van der Waals surface area contributed by atoms with Gasteiger partial charge in [-0.25, -0.2) is 0 Å². The van der Waals surface area contributed by atoms with E-state index in [4.69, 9.17) is 29.4 Å². The largest absolute Gasteiger partial charge is 0.499 e. The summed E-state index contributed by atoms with van der Waals surface area (Å²) in [5.41, 5.74) is 8.51. The molecule has 1 amide bonds. The lowest BCUT2D eigenvalue weighted by Crippen LogP contribution is -2.19. The van der Waals surface area contributed by atoms with Crippen LogP contribution in [0.25, 0.3) is 10.9 Å². The average Bonchev–Trinajstić information content (AvgIpc) is 3.34. The normalized spacial score (nSPS) is 13.0. The molecule has 3 heterocycles. The van der Waals surface area contributed by atoms with Crippen molar-refractivity contribution in [3.05, 3.63) is 78.1 Å². The number of nitrogen functional groups attached to an aromatic ring is 1. The number of allylic oxidation sites excluding steroid dienone is 1. The molecule has 0 bridgehead atoms. The number of aromatic nitrogens is 2. The minimum atomic E-state index is -0.278. The quantitative estimate of drug-likeness (QED) is 0.232. The predicted molar refractivity (Wildman–Crippen MR) is 162 cm³/mol. The van der Waals surface area contributed by atoms with E-state index < -0.39 is 0 Å². The van der Waals surface area contributed by atoms with Crippen LogP contribution in [0, 0.1) is 0 Å². The average molecular weight is 587 g/mol. The number of hydrogen-bond acceptors (Lipinski definition) is 9. The molecule has 3 aromatic carbocycles. The Morgan fingerprint density at radius 2 is 1.47 bits per heavy atom. The third-order valence-corrected chi connectivity index (χ3v) is 6.52. The van der Waals surface area contributed by atoms with Gasteiger partial charge in [-0.15, -0.1) is 5.10 Å². The van der Waals surface area contributed by atoms with Crippen molar-refractivity contribution >= 4 is 34.2 Å². The second-order valence-corrected chi connectivity index (χ2v) is 9.92. The number of fused-ring (bicyclic) bond motifs is 3. The minimum Gasteiger partial charge on any atom is -0.499 e. The lowest BCUT2D eigenvalue weighted by atomic mass is 10.1. The molecule has 4 aromatic rings. The summed E-state index contributed by atoms with van der Waals surface area (Å²) in [5.74, 6) is 3.06. The summed E-state index contributed by atoms with van der Waals surface area (Å²) in [4.78, 5) is 26.2.